The number of piperidine rings is 1. The minimum absolute atomic E-state index is 0.246. The van der Waals surface area contributed by atoms with Gasteiger partial charge in [0, 0.05) is 17.2 Å². The highest BCUT2D eigenvalue weighted by atomic mass is 15.2. The molecule has 3 aliphatic carbocycles. The summed E-state index contributed by atoms with van der Waals surface area (Å²) in [7, 11) is 2.33. The van der Waals surface area contributed by atoms with Crippen LogP contribution in [0.4, 0.5) is 0 Å². The van der Waals surface area contributed by atoms with Gasteiger partial charge in [-0.15, -0.1) is 0 Å². The van der Waals surface area contributed by atoms with Crippen LogP contribution in [-0.4, -0.2) is 24.5 Å². The van der Waals surface area contributed by atoms with Crippen molar-refractivity contribution < 1.29 is 0 Å². The third kappa shape index (κ3) is 1.87. The molecule has 1 heterocycles. The van der Waals surface area contributed by atoms with Gasteiger partial charge in [-0.2, -0.15) is 0 Å². The summed E-state index contributed by atoms with van der Waals surface area (Å²) in [6, 6.07) is 0.742. The number of rotatable bonds is 0. The van der Waals surface area contributed by atoms with Crippen LogP contribution in [0.15, 0.2) is 22.9 Å². The second-order valence-electron chi connectivity index (χ2n) is 8.74. The van der Waals surface area contributed by atoms with Gasteiger partial charge in [0.15, 0.2) is 0 Å². The Bertz CT molecular complexity index is 528. The van der Waals surface area contributed by atoms with Crippen molar-refractivity contribution in [3.05, 3.63) is 22.9 Å². The smallest absolute Gasteiger partial charge is 0.0170 e. The molecule has 3 atom stereocenters. The number of hydrogen-bond acceptors (Lipinski definition) is 2. The van der Waals surface area contributed by atoms with Crippen molar-refractivity contribution in [2.45, 2.75) is 64.8 Å². The molecule has 4 rings (SSSR count). The van der Waals surface area contributed by atoms with Crippen LogP contribution in [0.1, 0.15) is 58.8 Å². The summed E-state index contributed by atoms with van der Waals surface area (Å²) in [6.45, 7) is 5.99. The molecule has 4 aliphatic rings. The van der Waals surface area contributed by atoms with Crippen LogP contribution >= 0.6 is 0 Å². The highest BCUT2D eigenvalue weighted by Crippen LogP contribution is 2.62. The number of likely N-dealkylation sites (tertiary alicyclic amines) is 1. The van der Waals surface area contributed by atoms with Crippen LogP contribution in [-0.2, 0) is 0 Å². The van der Waals surface area contributed by atoms with Crippen LogP contribution in [0.3, 0.4) is 0 Å². The topological polar surface area (TPSA) is 29.3 Å². The first kappa shape index (κ1) is 13.9. The molecule has 3 fully saturated rings. The summed E-state index contributed by atoms with van der Waals surface area (Å²) in [5.74, 6) is 0.877. The number of fused-ring (bicyclic) bond motifs is 1. The van der Waals surface area contributed by atoms with E-state index < -0.39 is 0 Å². The lowest BCUT2D eigenvalue weighted by molar-refractivity contribution is -0.0265. The molecule has 0 aromatic carbocycles. The van der Waals surface area contributed by atoms with Gasteiger partial charge >= 0.3 is 0 Å². The highest BCUT2D eigenvalue weighted by molar-refractivity contribution is 5.48. The van der Waals surface area contributed by atoms with E-state index in [4.69, 9.17) is 5.73 Å². The number of hydrogen-bond donors (Lipinski definition) is 1. The lowest BCUT2D eigenvalue weighted by atomic mass is 9.49. The van der Waals surface area contributed by atoms with Gasteiger partial charge in [-0.1, -0.05) is 32.8 Å². The average Bonchev–Trinajstić information content (AvgIpc) is 2.43. The summed E-state index contributed by atoms with van der Waals surface area (Å²) in [5.41, 5.74) is 11.7. The molecule has 2 saturated carbocycles. The normalized spacial score (nSPS) is 42.1. The third-order valence-corrected chi connectivity index (χ3v) is 6.88. The molecule has 0 amide bonds. The van der Waals surface area contributed by atoms with Crippen molar-refractivity contribution in [3.63, 3.8) is 0 Å². The van der Waals surface area contributed by atoms with Crippen molar-refractivity contribution in [2.75, 3.05) is 13.6 Å². The quantitative estimate of drug-likeness (QED) is 0.733. The lowest BCUT2D eigenvalue weighted by Gasteiger charge is -2.61. The third-order valence-electron chi connectivity index (χ3n) is 6.88. The Hall–Kier alpha value is -0.760. The van der Waals surface area contributed by atoms with E-state index in [1.54, 1.807) is 11.1 Å². The molecule has 0 aromatic rings. The molecule has 2 N–H and O–H groups in total. The molecule has 1 saturated heterocycles. The minimum Gasteiger partial charge on any atom is -0.402 e. The van der Waals surface area contributed by atoms with E-state index in [1.807, 2.05) is 0 Å². The first-order chi connectivity index (χ1) is 9.93. The molecule has 0 aromatic heterocycles. The van der Waals surface area contributed by atoms with E-state index in [0.717, 1.165) is 18.4 Å². The molecule has 116 valence electrons. The predicted octanol–water partition coefficient (Wildman–Crippen LogP) is 3.84. The number of nitrogens with two attached hydrogens (primary N) is 1. The van der Waals surface area contributed by atoms with E-state index in [0.29, 0.717) is 5.41 Å². The van der Waals surface area contributed by atoms with Crippen molar-refractivity contribution in [3.8, 4) is 0 Å². The zero-order chi connectivity index (χ0) is 14.8. The molecular formula is C19H30N2. The standard InChI is InChI=1S/C19H30N2/c1-18(2)11-15-13(16(20)12-18)10-17-14-6-4-5-7-19(14,15)8-9-21(17)3/h11,14,17H,4-10,12,20H2,1-3H3/t14-,17+,19+/m0/s1. The minimum atomic E-state index is 0.246. The Kier molecular flexibility index (Phi) is 2.89. The van der Waals surface area contributed by atoms with Crippen molar-refractivity contribution in [1.29, 1.82) is 0 Å². The maximum absolute atomic E-state index is 6.55. The van der Waals surface area contributed by atoms with E-state index in [2.05, 4.69) is 31.9 Å². The Morgan fingerprint density at radius 1 is 1.24 bits per heavy atom. The Balaban J connectivity index is 1.88. The van der Waals surface area contributed by atoms with Gasteiger partial charge in [0.2, 0.25) is 0 Å². The molecule has 2 bridgehead atoms. The predicted molar refractivity (Wildman–Crippen MR) is 87.7 cm³/mol. The van der Waals surface area contributed by atoms with Gasteiger partial charge in [0.1, 0.15) is 0 Å². The van der Waals surface area contributed by atoms with E-state index in [-0.39, 0.29) is 5.41 Å². The van der Waals surface area contributed by atoms with Crippen LogP contribution < -0.4 is 5.73 Å². The van der Waals surface area contributed by atoms with Gasteiger partial charge < -0.3 is 10.6 Å². The van der Waals surface area contributed by atoms with E-state index in [9.17, 15) is 0 Å². The summed E-state index contributed by atoms with van der Waals surface area (Å²) in [5, 5.41) is 0. The van der Waals surface area contributed by atoms with Gasteiger partial charge in [-0.05, 0) is 68.2 Å². The Morgan fingerprint density at radius 2 is 2.05 bits per heavy atom. The van der Waals surface area contributed by atoms with Crippen LogP contribution in [0.2, 0.25) is 0 Å². The zero-order valence-electron chi connectivity index (χ0n) is 13.9. The van der Waals surface area contributed by atoms with Gasteiger partial charge in [-0.25, -0.2) is 0 Å². The molecule has 1 aliphatic heterocycles. The Morgan fingerprint density at radius 3 is 2.86 bits per heavy atom. The first-order valence-electron chi connectivity index (χ1n) is 8.84. The average molecular weight is 286 g/mol. The molecule has 21 heavy (non-hydrogen) atoms. The van der Waals surface area contributed by atoms with Crippen LogP contribution in [0.25, 0.3) is 0 Å². The summed E-state index contributed by atoms with van der Waals surface area (Å²) in [6.07, 6.45) is 11.9. The molecule has 0 unspecified atom stereocenters. The summed E-state index contributed by atoms with van der Waals surface area (Å²) in [4.78, 5) is 2.63. The molecule has 0 radical (unpaired) electrons. The second kappa shape index (κ2) is 4.38. The van der Waals surface area contributed by atoms with Gasteiger partial charge in [0.05, 0.1) is 0 Å². The first-order valence-corrected chi connectivity index (χ1v) is 8.84. The van der Waals surface area contributed by atoms with Crippen LogP contribution in [0, 0.1) is 16.7 Å². The fourth-order valence-electron chi connectivity index (χ4n) is 5.95. The lowest BCUT2D eigenvalue weighted by Crippen LogP contribution is -2.58. The molecule has 2 heteroatoms. The largest absolute Gasteiger partial charge is 0.402 e. The SMILES string of the molecule is CN1CC[C@]23CCCC[C@H]2[C@H]1CC1=C(N)CC(C)(C)C=C13. The van der Waals surface area contributed by atoms with Crippen molar-refractivity contribution in [1.82, 2.24) is 4.90 Å². The molecule has 2 nitrogen and oxygen atoms in total. The van der Waals surface area contributed by atoms with Gasteiger partial charge in [0.25, 0.3) is 0 Å². The monoisotopic (exact) mass is 286 g/mol. The Labute approximate surface area is 129 Å². The highest BCUT2D eigenvalue weighted by Gasteiger charge is 2.55. The fourth-order valence-corrected chi connectivity index (χ4v) is 5.95. The van der Waals surface area contributed by atoms with Crippen LogP contribution in [0.5, 0.6) is 0 Å². The second-order valence-corrected chi connectivity index (χ2v) is 8.74. The maximum atomic E-state index is 6.55. The number of nitrogens with zero attached hydrogens (tertiary/aromatic N) is 1. The summed E-state index contributed by atoms with van der Waals surface area (Å²) < 4.78 is 0. The van der Waals surface area contributed by atoms with Gasteiger partial charge in [-0.3, -0.25) is 0 Å². The van der Waals surface area contributed by atoms with Crippen molar-refractivity contribution in [2.24, 2.45) is 22.5 Å². The number of allylic oxidation sites excluding steroid dienone is 3. The van der Waals surface area contributed by atoms with Crippen molar-refractivity contribution >= 4 is 0 Å². The van der Waals surface area contributed by atoms with E-state index >= 15 is 0 Å². The van der Waals surface area contributed by atoms with E-state index in [1.165, 1.54) is 50.8 Å². The molecular weight excluding hydrogens is 256 g/mol. The zero-order valence-corrected chi connectivity index (χ0v) is 13.9. The molecule has 0 spiro atoms. The maximum Gasteiger partial charge on any atom is 0.0170 e. The fraction of sp³-hybridized carbons (Fsp3) is 0.789. The summed E-state index contributed by atoms with van der Waals surface area (Å²) >= 11 is 0.